The second kappa shape index (κ2) is 3.74. The van der Waals surface area contributed by atoms with Crippen molar-refractivity contribution in [3.05, 3.63) is 42.2 Å². The van der Waals surface area contributed by atoms with Crippen LogP contribution in [0.4, 0.5) is 0 Å². The second-order valence-corrected chi connectivity index (χ2v) is 2.71. The summed E-state index contributed by atoms with van der Waals surface area (Å²) >= 11 is 0. The Bertz CT molecular complexity index is 425. The van der Waals surface area contributed by atoms with Gasteiger partial charge in [-0.25, -0.2) is 4.98 Å². The van der Waals surface area contributed by atoms with Crippen LogP contribution < -0.4 is 0 Å². The van der Waals surface area contributed by atoms with E-state index in [1.54, 1.807) is 30.5 Å². The number of carbonyl (C=O) groups is 1. The Morgan fingerprint density at radius 2 is 1.86 bits per heavy atom. The maximum atomic E-state index is 10.4. The smallest absolute Gasteiger partial charge is 0.181 e. The molecule has 14 heavy (non-hydrogen) atoms. The number of benzene rings is 1. The average molecular weight is 185 g/mol. The second-order valence-electron chi connectivity index (χ2n) is 2.71. The van der Waals surface area contributed by atoms with Crippen molar-refractivity contribution in [3.63, 3.8) is 0 Å². The molecule has 1 aromatic carbocycles. The summed E-state index contributed by atoms with van der Waals surface area (Å²) in [5, 5.41) is 7.58. The molecule has 1 heterocycles. The van der Waals surface area contributed by atoms with E-state index in [-0.39, 0.29) is 0 Å². The molecule has 0 amide bonds. The van der Waals surface area contributed by atoms with E-state index >= 15 is 0 Å². The fourth-order valence-electron chi connectivity index (χ4n) is 1.09. The number of carbonyl (C=O) groups excluding carboxylic acids is 1. The van der Waals surface area contributed by atoms with Gasteiger partial charge in [-0.05, 0) is 0 Å². The Hall–Kier alpha value is -2.10. The van der Waals surface area contributed by atoms with E-state index in [0.717, 1.165) is 11.8 Å². The van der Waals surface area contributed by atoms with Crippen LogP contribution in [-0.4, -0.2) is 21.5 Å². The largest absolute Gasteiger partial charge is 0.298 e. The summed E-state index contributed by atoms with van der Waals surface area (Å²) in [7, 11) is 0. The fourth-order valence-corrected chi connectivity index (χ4v) is 1.09. The van der Waals surface area contributed by atoms with E-state index in [4.69, 9.17) is 0 Å². The summed E-state index contributed by atoms with van der Waals surface area (Å²) in [6, 6.07) is 7.03. The van der Waals surface area contributed by atoms with Crippen molar-refractivity contribution in [1.29, 1.82) is 0 Å². The van der Waals surface area contributed by atoms with Crippen LogP contribution in [-0.2, 0) is 0 Å². The molecule has 0 aliphatic heterocycles. The zero-order valence-electron chi connectivity index (χ0n) is 7.29. The quantitative estimate of drug-likeness (QED) is 0.662. The van der Waals surface area contributed by atoms with Crippen molar-refractivity contribution in [3.8, 4) is 11.4 Å². The maximum Gasteiger partial charge on any atom is 0.181 e. The van der Waals surface area contributed by atoms with Crippen LogP contribution in [0.25, 0.3) is 11.4 Å². The van der Waals surface area contributed by atoms with Crippen molar-refractivity contribution >= 4 is 6.29 Å². The third-order valence-electron chi connectivity index (χ3n) is 1.79. The molecule has 0 radical (unpaired) electrons. The molecule has 68 valence electrons. The lowest BCUT2D eigenvalue weighted by Gasteiger charge is -1.97. The minimum atomic E-state index is 0.560. The molecule has 0 unspecified atom stereocenters. The summed E-state index contributed by atoms with van der Waals surface area (Å²) in [6.45, 7) is 0. The standard InChI is InChI=1S/C10H7N3O/c14-7-8-1-3-9(4-2-8)10-11-5-6-12-13-10/h1-7H. The van der Waals surface area contributed by atoms with Crippen molar-refractivity contribution in [1.82, 2.24) is 15.2 Å². The van der Waals surface area contributed by atoms with E-state index in [1.165, 1.54) is 6.20 Å². The molecule has 0 aliphatic carbocycles. The summed E-state index contributed by atoms with van der Waals surface area (Å²) in [4.78, 5) is 14.5. The zero-order chi connectivity index (χ0) is 9.80. The van der Waals surface area contributed by atoms with Crippen molar-refractivity contribution < 1.29 is 4.79 Å². The molecule has 0 atom stereocenters. The fraction of sp³-hybridized carbons (Fsp3) is 0. The SMILES string of the molecule is O=Cc1ccc(-c2nccnn2)cc1. The first kappa shape index (κ1) is 8.50. The van der Waals surface area contributed by atoms with Gasteiger partial charge in [-0.1, -0.05) is 24.3 Å². The maximum absolute atomic E-state index is 10.4. The van der Waals surface area contributed by atoms with E-state index in [9.17, 15) is 4.79 Å². The monoisotopic (exact) mass is 185 g/mol. The molecule has 0 bridgehead atoms. The molecular formula is C10H7N3O. The predicted octanol–water partition coefficient (Wildman–Crippen LogP) is 1.35. The lowest BCUT2D eigenvalue weighted by Crippen LogP contribution is -1.90. The van der Waals surface area contributed by atoms with Crippen molar-refractivity contribution in [2.24, 2.45) is 0 Å². The van der Waals surface area contributed by atoms with Gasteiger partial charge in [-0.3, -0.25) is 4.79 Å². The van der Waals surface area contributed by atoms with Crippen LogP contribution in [0.1, 0.15) is 10.4 Å². The number of hydrogen-bond donors (Lipinski definition) is 0. The zero-order valence-corrected chi connectivity index (χ0v) is 7.29. The van der Waals surface area contributed by atoms with Crippen LogP contribution in [0, 0.1) is 0 Å². The minimum absolute atomic E-state index is 0.560. The molecule has 2 aromatic rings. The molecule has 0 saturated carbocycles. The number of nitrogens with zero attached hydrogens (tertiary/aromatic N) is 3. The first-order chi connectivity index (χ1) is 6.90. The summed E-state index contributed by atoms with van der Waals surface area (Å²) < 4.78 is 0. The van der Waals surface area contributed by atoms with Crippen molar-refractivity contribution in [2.75, 3.05) is 0 Å². The normalized spacial score (nSPS) is 9.71. The van der Waals surface area contributed by atoms with Gasteiger partial charge in [-0.15, -0.1) is 5.10 Å². The van der Waals surface area contributed by atoms with Gasteiger partial charge in [0.05, 0.1) is 6.20 Å². The molecule has 2 rings (SSSR count). The Morgan fingerprint density at radius 1 is 1.07 bits per heavy atom. The molecule has 0 aliphatic rings. The van der Waals surface area contributed by atoms with Gasteiger partial charge in [0.15, 0.2) is 5.82 Å². The lowest BCUT2D eigenvalue weighted by molar-refractivity contribution is 0.112. The van der Waals surface area contributed by atoms with Crippen LogP contribution in [0.5, 0.6) is 0 Å². The third-order valence-corrected chi connectivity index (χ3v) is 1.79. The number of aldehydes is 1. The highest BCUT2D eigenvalue weighted by Crippen LogP contribution is 2.12. The highest BCUT2D eigenvalue weighted by Gasteiger charge is 1.99. The number of aromatic nitrogens is 3. The van der Waals surface area contributed by atoms with Gasteiger partial charge in [0, 0.05) is 17.3 Å². The highest BCUT2D eigenvalue weighted by molar-refractivity contribution is 5.76. The van der Waals surface area contributed by atoms with Gasteiger partial charge in [0.25, 0.3) is 0 Å². The van der Waals surface area contributed by atoms with E-state index in [2.05, 4.69) is 15.2 Å². The van der Waals surface area contributed by atoms with E-state index in [1.807, 2.05) is 0 Å². The van der Waals surface area contributed by atoms with Crippen LogP contribution in [0.2, 0.25) is 0 Å². The minimum Gasteiger partial charge on any atom is -0.298 e. The van der Waals surface area contributed by atoms with E-state index < -0.39 is 0 Å². The summed E-state index contributed by atoms with van der Waals surface area (Å²) in [5.41, 5.74) is 1.49. The molecule has 1 aromatic heterocycles. The Labute approximate surface area is 80.6 Å². The van der Waals surface area contributed by atoms with Crippen LogP contribution >= 0.6 is 0 Å². The molecule has 0 fully saturated rings. The van der Waals surface area contributed by atoms with Gasteiger partial charge in [0.1, 0.15) is 6.29 Å². The first-order valence-corrected chi connectivity index (χ1v) is 4.09. The van der Waals surface area contributed by atoms with E-state index in [0.29, 0.717) is 11.4 Å². The molecule has 0 N–H and O–H groups in total. The Balaban J connectivity index is 2.39. The highest BCUT2D eigenvalue weighted by atomic mass is 16.1. The third kappa shape index (κ3) is 1.64. The van der Waals surface area contributed by atoms with Crippen LogP contribution in [0.15, 0.2) is 36.7 Å². The first-order valence-electron chi connectivity index (χ1n) is 4.09. The average Bonchev–Trinajstić information content (AvgIpc) is 2.30. The molecule has 4 nitrogen and oxygen atoms in total. The van der Waals surface area contributed by atoms with Gasteiger partial charge >= 0.3 is 0 Å². The summed E-state index contributed by atoms with van der Waals surface area (Å²) in [6.07, 6.45) is 3.90. The summed E-state index contributed by atoms with van der Waals surface area (Å²) in [5.74, 6) is 0.560. The molecule has 0 spiro atoms. The lowest BCUT2D eigenvalue weighted by atomic mass is 10.1. The molecule has 0 saturated heterocycles. The molecular weight excluding hydrogens is 178 g/mol. The van der Waals surface area contributed by atoms with Gasteiger partial charge in [-0.2, -0.15) is 5.10 Å². The van der Waals surface area contributed by atoms with Crippen molar-refractivity contribution in [2.45, 2.75) is 0 Å². The number of hydrogen-bond acceptors (Lipinski definition) is 4. The van der Waals surface area contributed by atoms with Crippen LogP contribution in [0.3, 0.4) is 0 Å². The van der Waals surface area contributed by atoms with Gasteiger partial charge in [0.2, 0.25) is 0 Å². The Morgan fingerprint density at radius 3 is 2.43 bits per heavy atom. The predicted molar refractivity (Wildman–Crippen MR) is 50.7 cm³/mol. The topological polar surface area (TPSA) is 55.7 Å². The Kier molecular flexibility index (Phi) is 2.27. The molecule has 4 heteroatoms. The number of rotatable bonds is 2. The van der Waals surface area contributed by atoms with Gasteiger partial charge < -0.3 is 0 Å².